The molecule has 1 amide bonds. The van der Waals surface area contributed by atoms with Crippen LogP contribution >= 0.6 is 0 Å². The standard InChI is InChI=1S/C21H19F2N3O5S/c22-12-3-5-19(17(23)8-12)26-32(29,30)14-4-6-18-15(9-14)20(27)16(11-24-18)21(28)25-10-13-2-1-7-31-13/h3-6,8-9,11,13,26H,1-2,7,10H2,(H,24,27)(H,25,28). The van der Waals surface area contributed by atoms with Gasteiger partial charge in [-0.25, -0.2) is 17.2 Å². The van der Waals surface area contributed by atoms with Crippen molar-refractivity contribution in [3.8, 4) is 0 Å². The van der Waals surface area contributed by atoms with E-state index in [2.05, 4.69) is 10.3 Å². The molecule has 8 nitrogen and oxygen atoms in total. The van der Waals surface area contributed by atoms with Crippen molar-refractivity contribution in [2.75, 3.05) is 17.9 Å². The molecule has 1 aliphatic heterocycles. The van der Waals surface area contributed by atoms with Crippen LogP contribution in [0.5, 0.6) is 0 Å². The number of aromatic amines is 1. The highest BCUT2D eigenvalue weighted by molar-refractivity contribution is 7.92. The summed E-state index contributed by atoms with van der Waals surface area (Å²) in [5.74, 6) is -2.55. The lowest BCUT2D eigenvalue weighted by atomic mass is 10.1. The van der Waals surface area contributed by atoms with E-state index in [0.717, 1.165) is 31.0 Å². The van der Waals surface area contributed by atoms with Crippen LogP contribution in [0.15, 0.2) is 52.3 Å². The van der Waals surface area contributed by atoms with Crippen LogP contribution in [-0.2, 0) is 14.8 Å². The van der Waals surface area contributed by atoms with Gasteiger partial charge in [-0.2, -0.15) is 0 Å². The molecule has 1 unspecified atom stereocenters. The molecule has 3 aromatic rings. The molecular formula is C21H19F2N3O5S. The molecule has 1 aromatic heterocycles. The third kappa shape index (κ3) is 4.48. The molecule has 11 heteroatoms. The molecule has 168 valence electrons. The number of nitrogens with one attached hydrogen (secondary N) is 3. The van der Waals surface area contributed by atoms with E-state index in [0.29, 0.717) is 18.2 Å². The first-order valence-corrected chi connectivity index (χ1v) is 11.3. The Bertz CT molecular complexity index is 1350. The largest absolute Gasteiger partial charge is 0.376 e. The number of rotatable bonds is 6. The Hall–Kier alpha value is -3.31. The van der Waals surface area contributed by atoms with E-state index in [9.17, 15) is 26.8 Å². The smallest absolute Gasteiger partial charge is 0.262 e. The van der Waals surface area contributed by atoms with Crippen molar-refractivity contribution in [3.63, 3.8) is 0 Å². The number of sulfonamides is 1. The third-order valence-electron chi connectivity index (χ3n) is 5.10. The molecule has 4 rings (SSSR count). The van der Waals surface area contributed by atoms with Crippen LogP contribution in [0.2, 0.25) is 0 Å². The fourth-order valence-corrected chi connectivity index (χ4v) is 4.51. The summed E-state index contributed by atoms with van der Waals surface area (Å²) in [7, 11) is -4.29. The molecule has 1 fully saturated rings. The number of hydrogen-bond donors (Lipinski definition) is 3. The molecule has 1 aliphatic rings. The van der Waals surface area contributed by atoms with Crippen molar-refractivity contribution in [1.29, 1.82) is 0 Å². The zero-order valence-electron chi connectivity index (χ0n) is 16.7. The highest BCUT2D eigenvalue weighted by atomic mass is 32.2. The summed E-state index contributed by atoms with van der Waals surface area (Å²) in [6.45, 7) is 0.891. The van der Waals surface area contributed by atoms with Gasteiger partial charge in [0, 0.05) is 36.3 Å². The van der Waals surface area contributed by atoms with Crippen LogP contribution in [0, 0.1) is 11.6 Å². The molecule has 2 heterocycles. The van der Waals surface area contributed by atoms with Crippen LogP contribution < -0.4 is 15.5 Å². The predicted molar refractivity (Wildman–Crippen MR) is 113 cm³/mol. The summed E-state index contributed by atoms with van der Waals surface area (Å²) in [4.78, 5) is 27.8. The predicted octanol–water partition coefficient (Wildman–Crippen LogP) is 2.52. The second-order valence-electron chi connectivity index (χ2n) is 7.31. The van der Waals surface area contributed by atoms with Gasteiger partial charge in [0.25, 0.3) is 15.9 Å². The molecule has 0 bridgehead atoms. The SMILES string of the molecule is O=C(NCC1CCCO1)c1c[nH]c2ccc(S(=O)(=O)Nc3ccc(F)cc3F)cc2c1=O. The van der Waals surface area contributed by atoms with Crippen molar-refractivity contribution >= 4 is 32.5 Å². The van der Waals surface area contributed by atoms with Crippen LogP contribution in [0.3, 0.4) is 0 Å². The number of carbonyl (C=O) groups is 1. The fraction of sp³-hybridized carbons (Fsp3) is 0.238. The number of benzene rings is 2. The van der Waals surface area contributed by atoms with Gasteiger partial charge in [-0.15, -0.1) is 0 Å². The first-order chi connectivity index (χ1) is 15.2. The van der Waals surface area contributed by atoms with Gasteiger partial charge < -0.3 is 15.0 Å². The number of halogens is 2. The summed E-state index contributed by atoms with van der Waals surface area (Å²) < 4.78 is 59.8. The Kier molecular flexibility index (Phi) is 5.94. The number of pyridine rings is 1. The van der Waals surface area contributed by atoms with Gasteiger partial charge in [0.2, 0.25) is 5.43 Å². The van der Waals surface area contributed by atoms with Crippen LogP contribution in [0.4, 0.5) is 14.5 Å². The second-order valence-corrected chi connectivity index (χ2v) is 9.00. The Morgan fingerprint density at radius 2 is 2.00 bits per heavy atom. The van der Waals surface area contributed by atoms with E-state index in [1.165, 1.54) is 18.3 Å². The fourth-order valence-electron chi connectivity index (χ4n) is 3.42. The van der Waals surface area contributed by atoms with Gasteiger partial charge in [-0.05, 0) is 43.2 Å². The first kappa shape index (κ1) is 21.9. The summed E-state index contributed by atoms with van der Waals surface area (Å²) in [6.07, 6.45) is 2.88. The second kappa shape index (κ2) is 8.67. The number of aromatic nitrogens is 1. The first-order valence-electron chi connectivity index (χ1n) is 9.78. The van der Waals surface area contributed by atoms with Crippen molar-refractivity contribution in [2.24, 2.45) is 0 Å². The Labute approximate surface area is 181 Å². The Morgan fingerprint density at radius 1 is 1.19 bits per heavy atom. The van der Waals surface area contributed by atoms with Gasteiger partial charge in [-0.1, -0.05) is 0 Å². The number of H-pyrrole nitrogens is 1. The molecule has 2 aromatic carbocycles. The summed E-state index contributed by atoms with van der Waals surface area (Å²) >= 11 is 0. The number of ether oxygens (including phenoxy) is 1. The van der Waals surface area contributed by atoms with Gasteiger partial charge in [-0.3, -0.25) is 14.3 Å². The van der Waals surface area contributed by atoms with Crippen molar-refractivity contribution in [2.45, 2.75) is 23.8 Å². The van der Waals surface area contributed by atoms with Gasteiger partial charge in [0.05, 0.1) is 16.7 Å². The summed E-state index contributed by atoms with van der Waals surface area (Å²) in [5.41, 5.74) is -0.962. The lowest BCUT2D eigenvalue weighted by molar-refractivity contribution is 0.0857. The quantitative estimate of drug-likeness (QED) is 0.519. The lowest BCUT2D eigenvalue weighted by Gasteiger charge is -2.11. The Morgan fingerprint density at radius 3 is 2.72 bits per heavy atom. The van der Waals surface area contributed by atoms with Gasteiger partial charge >= 0.3 is 0 Å². The zero-order valence-corrected chi connectivity index (χ0v) is 17.5. The maximum absolute atomic E-state index is 13.9. The van der Waals surface area contributed by atoms with E-state index < -0.39 is 38.7 Å². The van der Waals surface area contributed by atoms with E-state index in [-0.39, 0.29) is 28.5 Å². The molecule has 3 N–H and O–H groups in total. The van der Waals surface area contributed by atoms with E-state index in [4.69, 9.17) is 4.74 Å². The molecule has 1 saturated heterocycles. The van der Waals surface area contributed by atoms with Crippen molar-refractivity contribution in [3.05, 3.63) is 70.0 Å². The minimum Gasteiger partial charge on any atom is -0.376 e. The Balaban J connectivity index is 1.63. The van der Waals surface area contributed by atoms with Crippen molar-refractivity contribution in [1.82, 2.24) is 10.3 Å². The molecule has 0 radical (unpaired) electrons. The number of fused-ring (bicyclic) bond motifs is 1. The minimum absolute atomic E-state index is 0.0304. The highest BCUT2D eigenvalue weighted by Gasteiger charge is 2.21. The monoisotopic (exact) mass is 463 g/mol. The molecular weight excluding hydrogens is 444 g/mol. The lowest BCUT2D eigenvalue weighted by Crippen LogP contribution is -2.34. The highest BCUT2D eigenvalue weighted by Crippen LogP contribution is 2.22. The van der Waals surface area contributed by atoms with Crippen molar-refractivity contribution < 1.29 is 26.7 Å². The maximum atomic E-state index is 13.9. The topological polar surface area (TPSA) is 117 Å². The molecule has 0 saturated carbocycles. The average molecular weight is 463 g/mol. The van der Waals surface area contributed by atoms with Crippen LogP contribution in [-0.4, -0.2) is 38.6 Å². The summed E-state index contributed by atoms with van der Waals surface area (Å²) in [6, 6.07) is 6.08. The molecule has 0 spiro atoms. The number of carbonyl (C=O) groups excluding carboxylic acids is 1. The molecule has 0 aliphatic carbocycles. The molecule has 1 atom stereocenters. The number of amides is 1. The maximum Gasteiger partial charge on any atom is 0.262 e. The number of hydrogen-bond acceptors (Lipinski definition) is 5. The van der Waals surface area contributed by atoms with Gasteiger partial charge in [0.15, 0.2) is 0 Å². The molecule has 32 heavy (non-hydrogen) atoms. The van der Waals surface area contributed by atoms with E-state index in [1.54, 1.807) is 0 Å². The van der Waals surface area contributed by atoms with Crippen LogP contribution in [0.1, 0.15) is 23.2 Å². The van der Waals surface area contributed by atoms with E-state index >= 15 is 0 Å². The van der Waals surface area contributed by atoms with Gasteiger partial charge in [0.1, 0.15) is 17.2 Å². The third-order valence-corrected chi connectivity index (χ3v) is 6.46. The zero-order chi connectivity index (χ0) is 22.9. The van der Waals surface area contributed by atoms with Crippen LogP contribution in [0.25, 0.3) is 10.9 Å². The average Bonchev–Trinajstić information content (AvgIpc) is 3.28. The minimum atomic E-state index is -4.29. The normalized spacial score (nSPS) is 16.2. The van der Waals surface area contributed by atoms with E-state index in [1.807, 2.05) is 4.72 Å². The number of anilines is 1. The summed E-state index contributed by atoms with van der Waals surface area (Å²) in [5, 5.41) is 2.62.